The van der Waals surface area contributed by atoms with Gasteiger partial charge in [-0.15, -0.1) is 0 Å². The molecule has 0 heterocycles. The van der Waals surface area contributed by atoms with Gasteiger partial charge in [-0.25, -0.2) is 4.99 Å². The molecule has 4 nitrogen and oxygen atoms in total. The van der Waals surface area contributed by atoms with Crippen LogP contribution in [0.4, 0.5) is 0 Å². The fourth-order valence-electron chi connectivity index (χ4n) is 1.66. The number of guanidine groups is 1. The molecule has 0 saturated heterocycles. The van der Waals surface area contributed by atoms with Gasteiger partial charge in [-0.05, 0) is 38.8 Å². The molecular formula is C16H27N3O. The smallest absolute Gasteiger partial charge is 0.191 e. The van der Waals surface area contributed by atoms with Gasteiger partial charge in [0, 0.05) is 20.2 Å². The van der Waals surface area contributed by atoms with E-state index in [1.165, 1.54) is 11.1 Å². The van der Waals surface area contributed by atoms with Crippen molar-refractivity contribution in [3.8, 4) is 0 Å². The summed E-state index contributed by atoms with van der Waals surface area (Å²) >= 11 is 0. The fraction of sp³-hybridized carbons (Fsp3) is 0.562. The molecule has 1 aromatic carbocycles. The summed E-state index contributed by atoms with van der Waals surface area (Å²) in [5.41, 5.74) is 2.30. The zero-order chi connectivity index (χ0) is 15.0. The highest BCUT2D eigenvalue weighted by molar-refractivity contribution is 5.79. The Morgan fingerprint density at radius 1 is 1.25 bits per heavy atom. The van der Waals surface area contributed by atoms with Gasteiger partial charge in [0.1, 0.15) is 0 Å². The van der Waals surface area contributed by atoms with Crippen LogP contribution in [0.2, 0.25) is 0 Å². The van der Waals surface area contributed by atoms with Gasteiger partial charge in [0.15, 0.2) is 5.96 Å². The van der Waals surface area contributed by atoms with Gasteiger partial charge in [-0.2, -0.15) is 0 Å². The molecule has 0 aromatic heterocycles. The molecule has 112 valence electrons. The average molecular weight is 277 g/mol. The molecule has 0 aliphatic heterocycles. The monoisotopic (exact) mass is 277 g/mol. The zero-order valence-corrected chi connectivity index (χ0v) is 13.3. The molecule has 0 aliphatic rings. The van der Waals surface area contributed by atoms with E-state index < -0.39 is 0 Å². The largest absolute Gasteiger partial charge is 0.377 e. The van der Waals surface area contributed by atoms with Crippen LogP contribution in [0.1, 0.15) is 31.9 Å². The van der Waals surface area contributed by atoms with Crippen molar-refractivity contribution in [2.24, 2.45) is 4.99 Å². The molecule has 0 aliphatic carbocycles. The summed E-state index contributed by atoms with van der Waals surface area (Å²) in [5.74, 6) is 0.820. The van der Waals surface area contributed by atoms with Crippen molar-refractivity contribution in [2.75, 3.05) is 20.2 Å². The van der Waals surface area contributed by atoms with Crippen LogP contribution in [-0.2, 0) is 11.3 Å². The molecule has 0 amide bonds. The van der Waals surface area contributed by atoms with Crippen LogP contribution in [0.5, 0.6) is 0 Å². The second-order valence-corrected chi connectivity index (χ2v) is 5.44. The van der Waals surface area contributed by atoms with E-state index in [-0.39, 0.29) is 5.60 Å². The Balaban J connectivity index is 2.66. The number of benzene rings is 1. The van der Waals surface area contributed by atoms with Crippen LogP contribution in [0.15, 0.2) is 29.3 Å². The van der Waals surface area contributed by atoms with E-state index in [0.29, 0.717) is 13.1 Å². The molecule has 0 fully saturated rings. The second-order valence-electron chi connectivity index (χ2n) is 5.44. The first kappa shape index (κ1) is 16.5. The minimum Gasteiger partial charge on any atom is -0.377 e. The molecule has 20 heavy (non-hydrogen) atoms. The molecule has 2 N–H and O–H groups in total. The minimum absolute atomic E-state index is 0.209. The molecular weight excluding hydrogens is 250 g/mol. The number of nitrogens with zero attached hydrogens (tertiary/aromatic N) is 1. The van der Waals surface area contributed by atoms with Crippen LogP contribution < -0.4 is 10.6 Å². The first-order chi connectivity index (χ1) is 9.48. The van der Waals surface area contributed by atoms with E-state index >= 15 is 0 Å². The third-order valence-corrected chi connectivity index (χ3v) is 3.25. The van der Waals surface area contributed by atoms with Gasteiger partial charge in [0.25, 0.3) is 0 Å². The topological polar surface area (TPSA) is 45.7 Å². The molecule has 4 heteroatoms. The lowest BCUT2D eigenvalue weighted by molar-refractivity contribution is 0.0268. The van der Waals surface area contributed by atoms with Crippen molar-refractivity contribution < 1.29 is 4.74 Å². The molecule has 0 bridgehead atoms. The highest BCUT2D eigenvalue weighted by Gasteiger charge is 2.16. The summed E-state index contributed by atoms with van der Waals surface area (Å²) < 4.78 is 5.40. The van der Waals surface area contributed by atoms with Crippen molar-refractivity contribution in [1.29, 1.82) is 0 Å². The molecule has 0 radical (unpaired) electrons. The van der Waals surface area contributed by atoms with Gasteiger partial charge in [0.2, 0.25) is 0 Å². The highest BCUT2D eigenvalue weighted by Crippen LogP contribution is 2.08. The summed E-state index contributed by atoms with van der Waals surface area (Å²) in [7, 11) is 1.72. The quantitative estimate of drug-likeness (QED) is 0.620. The van der Waals surface area contributed by atoms with Gasteiger partial charge >= 0.3 is 0 Å². The minimum atomic E-state index is -0.209. The van der Waals surface area contributed by atoms with Crippen LogP contribution in [-0.4, -0.2) is 31.8 Å². The van der Waals surface area contributed by atoms with E-state index in [4.69, 9.17) is 4.74 Å². The Bertz CT molecular complexity index is 441. The van der Waals surface area contributed by atoms with Crippen molar-refractivity contribution in [1.82, 2.24) is 10.6 Å². The average Bonchev–Trinajstić information content (AvgIpc) is 2.43. The fourth-order valence-corrected chi connectivity index (χ4v) is 1.66. The van der Waals surface area contributed by atoms with Crippen molar-refractivity contribution in [2.45, 2.75) is 39.8 Å². The molecule has 0 spiro atoms. The highest BCUT2D eigenvalue weighted by atomic mass is 16.5. The molecule has 0 unspecified atom stereocenters. The normalized spacial score (nSPS) is 12.3. The number of rotatable bonds is 6. The van der Waals surface area contributed by atoms with Crippen LogP contribution in [0.3, 0.4) is 0 Å². The first-order valence-electron chi connectivity index (χ1n) is 7.10. The SMILES string of the molecule is CCNC(=NCc1ccccc1C)NCC(C)(C)OC. The van der Waals surface area contributed by atoms with E-state index in [9.17, 15) is 0 Å². The standard InChI is InChI=1S/C16H27N3O/c1-6-17-15(19-12-16(3,4)20-5)18-11-14-10-8-7-9-13(14)2/h7-10H,6,11-12H2,1-5H3,(H2,17,18,19). The number of hydrogen-bond acceptors (Lipinski definition) is 2. The van der Waals surface area contributed by atoms with E-state index in [1.54, 1.807) is 7.11 Å². The van der Waals surface area contributed by atoms with E-state index in [0.717, 1.165) is 12.5 Å². The second kappa shape index (κ2) is 7.90. The van der Waals surface area contributed by atoms with Crippen molar-refractivity contribution >= 4 is 5.96 Å². The van der Waals surface area contributed by atoms with Crippen molar-refractivity contribution in [3.05, 3.63) is 35.4 Å². The van der Waals surface area contributed by atoms with Crippen molar-refractivity contribution in [3.63, 3.8) is 0 Å². The number of aliphatic imine (C=N–C) groups is 1. The number of ether oxygens (including phenoxy) is 1. The summed E-state index contributed by atoms with van der Waals surface area (Å²) in [6.45, 7) is 10.5. The number of hydrogen-bond donors (Lipinski definition) is 2. The van der Waals surface area contributed by atoms with Crippen LogP contribution in [0, 0.1) is 6.92 Å². The molecule has 1 rings (SSSR count). The number of nitrogens with one attached hydrogen (secondary N) is 2. The maximum absolute atomic E-state index is 5.40. The molecule has 0 saturated carbocycles. The number of methoxy groups -OCH3 is 1. The van der Waals surface area contributed by atoms with Gasteiger partial charge in [-0.1, -0.05) is 24.3 Å². The summed E-state index contributed by atoms with van der Waals surface area (Å²) in [4.78, 5) is 4.62. The summed E-state index contributed by atoms with van der Waals surface area (Å²) in [6.07, 6.45) is 0. The van der Waals surface area contributed by atoms with Gasteiger partial charge < -0.3 is 15.4 Å². The number of aryl methyl sites for hydroxylation is 1. The maximum atomic E-state index is 5.40. The molecule has 0 atom stereocenters. The first-order valence-corrected chi connectivity index (χ1v) is 7.10. The zero-order valence-electron chi connectivity index (χ0n) is 13.3. The van der Waals surface area contributed by atoms with E-state index in [2.05, 4.69) is 41.6 Å². The lowest BCUT2D eigenvalue weighted by Crippen LogP contribution is -2.45. The molecule has 1 aromatic rings. The Hall–Kier alpha value is -1.55. The summed E-state index contributed by atoms with van der Waals surface area (Å²) in [5, 5.41) is 6.57. The third kappa shape index (κ3) is 5.61. The third-order valence-electron chi connectivity index (χ3n) is 3.25. The van der Waals surface area contributed by atoms with Crippen LogP contribution >= 0.6 is 0 Å². The predicted molar refractivity (Wildman–Crippen MR) is 85.1 cm³/mol. The van der Waals surface area contributed by atoms with Gasteiger partial charge in [-0.3, -0.25) is 0 Å². The Morgan fingerprint density at radius 3 is 2.55 bits per heavy atom. The summed E-state index contributed by atoms with van der Waals surface area (Å²) in [6, 6.07) is 8.32. The predicted octanol–water partition coefficient (Wildman–Crippen LogP) is 2.48. The lowest BCUT2D eigenvalue weighted by Gasteiger charge is -2.24. The maximum Gasteiger partial charge on any atom is 0.191 e. The van der Waals surface area contributed by atoms with E-state index in [1.807, 2.05) is 26.0 Å². The van der Waals surface area contributed by atoms with Gasteiger partial charge in [0.05, 0.1) is 12.1 Å². The van der Waals surface area contributed by atoms with Crippen LogP contribution in [0.25, 0.3) is 0 Å². The lowest BCUT2D eigenvalue weighted by atomic mass is 10.1. The Labute approximate surface area is 122 Å². The Kier molecular flexibility index (Phi) is 6.52. The Morgan fingerprint density at radius 2 is 1.95 bits per heavy atom.